The number of aromatic nitrogens is 3. The molecule has 0 radical (unpaired) electrons. The number of halogens is 1. The van der Waals surface area contributed by atoms with E-state index >= 15 is 0 Å². The number of thiazole rings is 1. The van der Waals surface area contributed by atoms with E-state index in [4.69, 9.17) is 0 Å². The number of hydrogen-bond acceptors (Lipinski definition) is 5. The summed E-state index contributed by atoms with van der Waals surface area (Å²) in [5.41, 5.74) is 2.36. The van der Waals surface area contributed by atoms with Crippen LogP contribution in [0, 0.1) is 6.92 Å². The molecule has 116 valence electrons. The van der Waals surface area contributed by atoms with Gasteiger partial charge in [0.15, 0.2) is 5.13 Å². The summed E-state index contributed by atoms with van der Waals surface area (Å²) in [6.45, 7) is 1.79. The molecule has 0 aliphatic carbocycles. The third kappa shape index (κ3) is 4.20. The number of amides is 1. The Hall–Kier alpha value is -2.12. The molecule has 0 spiro atoms. The fourth-order valence-corrected chi connectivity index (χ4v) is 3.35. The summed E-state index contributed by atoms with van der Waals surface area (Å²) < 4.78 is 1.05. The van der Waals surface area contributed by atoms with E-state index in [2.05, 4.69) is 48.6 Å². The highest BCUT2D eigenvalue weighted by molar-refractivity contribution is 9.10. The Morgan fingerprint density at radius 3 is 2.96 bits per heavy atom. The number of anilines is 1. The molecule has 0 saturated carbocycles. The fourth-order valence-electron chi connectivity index (χ4n) is 2.06. The van der Waals surface area contributed by atoms with Crippen molar-refractivity contribution in [3.8, 4) is 0 Å². The van der Waals surface area contributed by atoms with Crippen molar-refractivity contribution < 1.29 is 4.79 Å². The maximum atomic E-state index is 12.2. The Morgan fingerprint density at radius 2 is 2.17 bits per heavy atom. The molecule has 23 heavy (non-hydrogen) atoms. The lowest BCUT2D eigenvalue weighted by Gasteiger charge is -2.01. The van der Waals surface area contributed by atoms with Crippen molar-refractivity contribution in [2.24, 2.45) is 0 Å². The van der Waals surface area contributed by atoms with Crippen molar-refractivity contribution in [1.82, 2.24) is 15.2 Å². The number of hydrogen-bond donors (Lipinski definition) is 1. The van der Waals surface area contributed by atoms with Gasteiger partial charge in [0.2, 0.25) is 0 Å². The summed E-state index contributed by atoms with van der Waals surface area (Å²) in [5, 5.41) is 11.0. The predicted molar refractivity (Wildman–Crippen MR) is 93.8 cm³/mol. The lowest BCUT2D eigenvalue weighted by molar-refractivity contribution is 0.102. The first-order chi connectivity index (χ1) is 11.1. The van der Waals surface area contributed by atoms with E-state index in [1.165, 1.54) is 23.1 Å². The first kappa shape index (κ1) is 15.8. The number of carbonyl (C=O) groups excluding carboxylic acids is 1. The second-order valence-corrected chi connectivity index (χ2v) is 7.01. The minimum Gasteiger partial charge on any atom is -0.298 e. The Labute approximate surface area is 145 Å². The number of nitrogens with zero attached hydrogens (tertiary/aromatic N) is 3. The number of aryl methyl sites for hydroxylation is 1. The second-order valence-electron chi connectivity index (χ2n) is 4.98. The zero-order chi connectivity index (χ0) is 16.2. The van der Waals surface area contributed by atoms with Crippen LogP contribution in [0.15, 0.2) is 47.2 Å². The number of rotatable bonds is 4. The molecule has 5 nitrogen and oxygen atoms in total. The Kier molecular flexibility index (Phi) is 4.78. The summed E-state index contributed by atoms with van der Waals surface area (Å²) in [6.07, 6.45) is 4.01. The van der Waals surface area contributed by atoms with Crippen LogP contribution in [0.4, 0.5) is 5.13 Å². The van der Waals surface area contributed by atoms with Gasteiger partial charge in [-0.05, 0) is 30.7 Å². The van der Waals surface area contributed by atoms with Gasteiger partial charge in [-0.15, -0.1) is 11.3 Å². The molecule has 1 amide bonds. The number of benzene rings is 1. The highest BCUT2D eigenvalue weighted by Gasteiger charge is 2.10. The molecule has 1 N–H and O–H groups in total. The van der Waals surface area contributed by atoms with E-state index in [9.17, 15) is 4.79 Å². The van der Waals surface area contributed by atoms with Gasteiger partial charge in [-0.2, -0.15) is 10.2 Å². The van der Waals surface area contributed by atoms with Crippen LogP contribution in [0.5, 0.6) is 0 Å². The molecular weight excluding hydrogens is 376 g/mol. The van der Waals surface area contributed by atoms with Crippen LogP contribution in [0.1, 0.15) is 26.5 Å². The molecule has 7 heteroatoms. The van der Waals surface area contributed by atoms with Crippen molar-refractivity contribution in [2.75, 3.05) is 5.32 Å². The Bertz CT molecular complexity index is 849. The summed E-state index contributed by atoms with van der Waals surface area (Å²) in [6, 6.07) is 9.82. The van der Waals surface area contributed by atoms with E-state index < -0.39 is 0 Å². The molecule has 0 bridgehead atoms. The molecular formula is C16H13BrN4OS. The van der Waals surface area contributed by atoms with Gasteiger partial charge in [-0.3, -0.25) is 10.1 Å². The molecule has 0 saturated heterocycles. The topological polar surface area (TPSA) is 67.8 Å². The van der Waals surface area contributed by atoms with Gasteiger partial charge in [-0.25, -0.2) is 4.98 Å². The molecule has 3 rings (SSSR count). The minimum atomic E-state index is -0.230. The molecule has 1 aromatic carbocycles. The third-order valence-corrected chi connectivity index (χ3v) is 4.49. The largest absolute Gasteiger partial charge is 0.298 e. The van der Waals surface area contributed by atoms with Crippen LogP contribution >= 0.6 is 27.3 Å². The van der Waals surface area contributed by atoms with Crippen molar-refractivity contribution in [1.29, 1.82) is 0 Å². The quantitative estimate of drug-likeness (QED) is 0.736. The first-order valence-electron chi connectivity index (χ1n) is 6.90. The van der Waals surface area contributed by atoms with Gasteiger partial charge < -0.3 is 0 Å². The Balaban J connectivity index is 1.68. The van der Waals surface area contributed by atoms with E-state index in [1.807, 2.05) is 12.1 Å². The summed E-state index contributed by atoms with van der Waals surface area (Å²) in [7, 11) is 0. The van der Waals surface area contributed by atoms with Crippen molar-refractivity contribution >= 4 is 38.3 Å². The van der Waals surface area contributed by atoms with E-state index in [-0.39, 0.29) is 5.91 Å². The number of carbonyl (C=O) groups is 1. The monoisotopic (exact) mass is 388 g/mol. The van der Waals surface area contributed by atoms with Gasteiger partial charge in [0, 0.05) is 22.0 Å². The number of nitrogens with one attached hydrogen (secondary N) is 1. The van der Waals surface area contributed by atoms with Crippen LogP contribution in [-0.2, 0) is 6.42 Å². The van der Waals surface area contributed by atoms with E-state index in [0.717, 1.165) is 15.8 Å². The maximum absolute atomic E-state index is 12.2. The van der Waals surface area contributed by atoms with Crippen LogP contribution < -0.4 is 5.32 Å². The lowest BCUT2D eigenvalue weighted by Crippen LogP contribution is -2.12. The van der Waals surface area contributed by atoms with Crippen LogP contribution in [0.25, 0.3) is 0 Å². The second kappa shape index (κ2) is 6.97. The van der Waals surface area contributed by atoms with Crippen molar-refractivity contribution in [3.05, 3.63) is 68.9 Å². The molecule has 2 aromatic heterocycles. The summed E-state index contributed by atoms with van der Waals surface area (Å²) in [5.74, 6) is -0.230. The smallest absolute Gasteiger partial charge is 0.259 e. The van der Waals surface area contributed by atoms with Gasteiger partial charge in [0.25, 0.3) is 5.91 Å². The highest BCUT2D eigenvalue weighted by atomic mass is 79.9. The molecule has 0 atom stereocenters. The molecule has 0 unspecified atom stereocenters. The standard InChI is InChI=1S/C16H13BrN4OS/c1-10-5-12(8-19-21-10)15(22)20-16-18-9-14(23-16)7-11-3-2-4-13(17)6-11/h2-6,8-9H,7H2,1H3,(H,18,20,22). The van der Waals surface area contributed by atoms with Crippen LogP contribution in [0.2, 0.25) is 0 Å². The zero-order valence-corrected chi connectivity index (χ0v) is 14.7. The van der Waals surface area contributed by atoms with Gasteiger partial charge >= 0.3 is 0 Å². The normalized spacial score (nSPS) is 10.5. The molecule has 2 heterocycles. The van der Waals surface area contributed by atoms with Crippen LogP contribution in [0.3, 0.4) is 0 Å². The third-order valence-electron chi connectivity index (χ3n) is 3.08. The molecule has 0 aliphatic heterocycles. The minimum absolute atomic E-state index is 0.230. The predicted octanol–water partition coefficient (Wildman–Crippen LogP) is 3.85. The van der Waals surface area contributed by atoms with Gasteiger partial charge in [0.05, 0.1) is 17.5 Å². The molecule has 0 fully saturated rings. The highest BCUT2D eigenvalue weighted by Crippen LogP contribution is 2.23. The van der Waals surface area contributed by atoms with Crippen LogP contribution in [-0.4, -0.2) is 21.1 Å². The lowest BCUT2D eigenvalue weighted by atomic mass is 10.1. The average Bonchev–Trinajstić information content (AvgIpc) is 2.94. The average molecular weight is 389 g/mol. The van der Waals surface area contributed by atoms with Gasteiger partial charge in [-0.1, -0.05) is 28.1 Å². The Morgan fingerprint density at radius 1 is 1.30 bits per heavy atom. The van der Waals surface area contributed by atoms with E-state index in [1.54, 1.807) is 19.2 Å². The first-order valence-corrected chi connectivity index (χ1v) is 8.51. The zero-order valence-electron chi connectivity index (χ0n) is 12.3. The van der Waals surface area contributed by atoms with E-state index in [0.29, 0.717) is 16.4 Å². The SMILES string of the molecule is Cc1cc(C(=O)Nc2ncc(Cc3cccc(Br)c3)s2)cnn1. The van der Waals surface area contributed by atoms with Crippen molar-refractivity contribution in [3.63, 3.8) is 0 Å². The molecule has 3 aromatic rings. The summed E-state index contributed by atoms with van der Waals surface area (Å²) >= 11 is 4.93. The van der Waals surface area contributed by atoms with Crippen molar-refractivity contribution in [2.45, 2.75) is 13.3 Å². The van der Waals surface area contributed by atoms with Gasteiger partial charge in [0.1, 0.15) is 0 Å². The maximum Gasteiger partial charge on any atom is 0.259 e. The fraction of sp³-hybridized carbons (Fsp3) is 0.125. The molecule has 0 aliphatic rings. The summed E-state index contributed by atoms with van der Waals surface area (Å²) in [4.78, 5) is 17.5.